The van der Waals surface area contributed by atoms with Gasteiger partial charge in [-0.25, -0.2) is 0 Å². The third kappa shape index (κ3) is 5.55. The zero-order chi connectivity index (χ0) is 19.6. The van der Waals surface area contributed by atoms with Gasteiger partial charge < -0.3 is 15.5 Å². The second-order valence-corrected chi connectivity index (χ2v) is 6.79. The van der Waals surface area contributed by atoms with Gasteiger partial charge in [0.1, 0.15) is 0 Å². The summed E-state index contributed by atoms with van der Waals surface area (Å²) in [6.45, 7) is 5.04. The molecular weight excluding hydrogens is 350 g/mol. The Labute approximate surface area is 167 Å². The van der Waals surface area contributed by atoms with Crippen molar-refractivity contribution in [3.05, 3.63) is 59.9 Å². The molecule has 0 spiro atoms. The Kier molecular flexibility index (Phi) is 7.41. The fraction of sp³-hybridized carbons (Fsp3) is 0.409. The van der Waals surface area contributed by atoms with Gasteiger partial charge in [0, 0.05) is 56.6 Å². The van der Waals surface area contributed by atoms with E-state index in [0.717, 1.165) is 56.2 Å². The van der Waals surface area contributed by atoms with E-state index in [-0.39, 0.29) is 5.91 Å². The van der Waals surface area contributed by atoms with Gasteiger partial charge in [0.2, 0.25) is 5.91 Å². The molecule has 6 nitrogen and oxygen atoms in total. The number of fused-ring (bicyclic) bond motifs is 1. The summed E-state index contributed by atoms with van der Waals surface area (Å²) in [5.41, 5.74) is 3.39. The minimum Gasteiger partial charge on any atom is -0.357 e. The summed E-state index contributed by atoms with van der Waals surface area (Å²) in [6.07, 6.45) is 4.87. The van der Waals surface area contributed by atoms with Gasteiger partial charge in [0.05, 0.1) is 0 Å². The number of aromatic nitrogens is 1. The SMILES string of the molecule is CCNC(=NCCCC(=O)N1CCc2ccccc21)NCCc1ccccn1. The minimum absolute atomic E-state index is 0.188. The first-order valence-corrected chi connectivity index (χ1v) is 10.1. The Morgan fingerprint density at radius 2 is 2.04 bits per heavy atom. The van der Waals surface area contributed by atoms with Crippen molar-refractivity contribution in [1.82, 2.24) is 15.6 Å². The van der Waals surface area contributed by atoms with E-state index >= 15 is 0 Å². The predicted octanol–water partition coefficient (Wildman–Crippen LogP) is 2.55. The zero-order valence-electron chi connectivity index (χ0n) is 16.5. The van der Waals surface area contributed by atoms with E-state index in [1.807, 2.05) is 54.4 Å². The quantitative estimate of drug-likeness (QED) is 0.420. The number of aliphatic imine (C=N–C) groups is 1. The topological polar surface area (TPSA) is 69.6 Å². The van der Waals surface area contributed by atoms with Crippen LogP contribution in [0.5, 0.6) is 0 Å². The van der Waals surface area contributed by atoms with Crippen molar-refractivity contribution in [3.63, 3.8) is 0 Å². The van der Waals surface area contributed by atoms with Crippen LogP contribution < -0.4 is 15.5 Å². The van der Waals surface area contributed by atoms with Crippen molar-refractivity contribution in [2.24, 2.45) is 4.99 Å². The molecule has 0 radical (unpaired) electrons. The van der Waals surface area contributed by atoms with Gasteiger partial charge in [-0.1, -0.05) is 24.3 Å². The molecular formula is C22H29N5O. The number of pyridine rings is 1. The summed E-state index contributed by atoms with van der Waals surface area (Å²) in [5.74, 6) is 0.977. The van der Waals surface area contributed by atoms with E-state index < -0.39 is 0 Å². The van der Waals surface area contributed by atoms with Crippen LogP contribution in [0.1, 0.15) is 31.0 Å². The van der Waals surface area contributed by atoms with Crippen molar-refractivity contribution in [3.8, 4) is 0 Å². The number of hydrogen-bond acceptors (Lipinski definition) is 3. The molecule has 0 bridgehead atoms. The van der Waals surface area contributed by atoms with Crippen molar-refractivity contribution in [2.75, 3.05) is 31.1 Å². The number of rotatable bonds is 8. The zero-order valence-corrected chi connectivity index (χ0v) is 16.5. The predicted molar refractivity (Wildman–Crippen MR) is 114 cm³/mol. The van der Waals surface area contributed by atoms with Gasteiger partial charge >= 0.3 is 0 Å². The highest BCUT2D eigenvalue weighted by Gasteiger charge is 2.23. The lowest BCUT2D eigenvalue weighted by Gasteiger charge is -2.17. The second-order valence-electron chi connectivity index (χ2n) is 6.79. The van der Waals surface area contributed by atoms with Crippen molar-refractivity contribution >= 4 is 17.6 Å². The molecule has 1 aromatic carbocycles. The molecule has 28 heavy (non-hydrogen) atoms. The van der Waals surface area contributed by atoms with Crippen LogP contribution in [-0.2, 0) is 17.6 Å². The standard InChI is InChI=1S/C22H29N5O/c1-2-23-22(26-16-12-19-9-5-6-14-24-19)25-15-7-11-21(28)27-17-13-18-8-3-4-10-20(18)27/h3-6,8-10,14H,2,7,11-13,15-17H2,1H3,(H2,23,25,26). The molecule has 0 atom stereocenters. The number of amides is 1. The van der Waals surface area contributed by atoms with Crippen molar-refractivity contribution < 1.29 is 4.79 Å². The first-order chi connectivity index (χ1) is 13.8. The number of guanidine groups is 1. The van der Waals surface area contributed by atoms with Crippen LogP contribution in [0.25, 0.3) is 0 Å². The molecule has 3 rings (SSSR count). The Morgan fingerprint density at radius 1 is 1.18 bits per heavy atom. The summed E-state index contributed by atoms with van der Waals surface area (Å²) in [5, 5.41) is 6.58. The molecule has 1 amide bonds. The van der Waals surface area contributed by atoms with E-state index in [4.69, 9.17) is 0 Å². The summed E-state index contributed by atoms with van der Waals surface area (Å²) in [4.78, 5) is 23.4. The number of benzene rings is 1. The fourth-order valence-electron chi connectivity index (χ4n) is 3.35. The number of nitrogens with one attached hydrogen (secondary N) is 2. The molecule has 0 saturated heterocycles. The Morgan fingerprint density at radius 3 is 2.86 bits per heavy atom. The normalized spacial score (nSPS) is 13.3. The average molecular weight is 380 g/mol. The van der Waals surface area contributed by atoms with Gasteiger partial charge in [-0.05, 0) is 43.5 Å². The van der Waals surface area contributed by atoms with Crippen LogP contribution in [0.2, 0.25) is 0 Å². The maximum absolute atomic E-state index is 12.5. The lowest BCUT2D eigenvalue weighted by atomic mass is 10.2. The smallest absolute Gasteiger partial charge is 0.227 e. The van der Waals surface area contributed by atoms with Crippen LogP contribution in [0.15, 0.2) is 53.7 Å². The molecule has 1 aliphatic heterocycles. The van der Waals surface area contributed by atoms with Crippen LogP contribution in [0.3, 0.4) is 0 Å². The Balaban J connectivity index is 1.42. The number of hydrogen-bond donors (Lipinski definition) is 2. The molecule has 1 aromatic heterocycles. The minimum atomic E-state index is 0.188. The number of nitrogens with zero attached hydrogens (tertiary/aromatic N) is 3. The lowest BCUT2D eigenvalue weighted by molar-refractivity contribution is -0.118. The largest absolute Gasteiger partial charge is 0.357 e. The van der Waals surface area contributed by atoms with Crippen LogP contribution in [0.4, 0.5) is 5.69 Å². The molecule has 1 aliphatic rings. The molecule has 2 N–H and O–H groups in total. The third-order valence-electron chi connectivity index (χ3n) is 4.75. The highest BCUT2D eigenvalue weighted by atomic mass is 16.2. The maximum atomic E-state index is 12.5. The van der Waals surface area contributed by atoms with Gasteiger partial charge in [-0.15, -0.1) is 0 Å². The van der Waals surface area contributed by atoms with Crippen molar-refractivity contribution in [2.45, 2.75) is 32.6 Å². The second kappa shape index (κ2) is 10.4. The van der Waals surface area contributed by atoms with Gasteiger partial charge in [-0.2, -0.15) is 0 Å². The van der Waals surface area contributed by atoms with Crippen molar-refractivity contribution in [1.29, 1.82) is 0 Å². The Hall–Kier alpha value is -2.89. The first kappa shape index (κ1) is 19.9. The molecule has 148 valence electrons. The van der Waals surface area contributed by atoms with E-state index in [9.17, 15) is 4.79 Å². The van der Waals surface area contributed by atoms with Crippen LogP contribution in [-0.4, -0.2) is 43.0 Å². The summed E-state index contributed by atoms with van der Waals surface area (Å²) in [7, 11) is 0. The van der Waals surface area contributed by atoms with Gasteiger partial charge in [0.15, 0.2) is 5.96 Å². The van der Waals surface area contributed by atoms with Crippen LogP contribution in [0, 0.1) is 0 Å². The molecule has 0 aliphatic carbocycles. The monoisotopic (exact) mass is 379 g/mol. The highest BCUT2D eigenvalue weighted by molar-refractivity contribution is 5.95. The number of para-hydroxylation sites is 1. The third-order valence-corrected chi connectivity index (χ3v) is 4.75. The van der Waals surface area contributed by atoms with E-state index in [1.165, 1.54) is 5.56 Å². The van der Waals surface area contributed by atoms with Crippen LogP contribution >= 0.6 is 0 Å². The molecule has 0 saturated carbocycles. The molecule has 0 unspecified atom stereocenters. The summed E-state index contributed by atoms with van der Waals surface area (Å²) < 4.78 is 0. The molecule has 6 heteroatoms. The first-order valence-electron chi connectivity index (χ1n) is 10.1. The summed E-state index contributed by atoms with van der Waals surface area (Å²) >= 11 is 0. The van der Waals surface area contributed by atoms with Gasteiger partial charge in [0.25, 0.3) is 0 Å². The number of anilines is 1. The molecule has 0 fully saturated rings. The molecule has 2 aromatic rings. The lowest BCUT2D eigenvalue weighted by Crippen LogP contribution is -2.38. The average Bonchev–Trinajstić information content (AvgIpc) is 3.16. The Bertz CT molecular complexity index is 791. The van der Waals surface area contributed by atoms with E-state index in [1.54, 1.807) is 0 Å². The van der Waals surface area contributed by atoms with E-state index in [0.29, 0.717) is 13.0 Å². The maximum Gasteiger partial charge on any atom is 0.227 e. The number of carbonyl (C=O) groups excluding carboxylic acids is 1. The summed E-state index contributed by atoms with van der Waals surface area (Å²) in [6, 6.07) is 14.1. The van der Waals surface area contributed by atoms with Gasteiger partial charge in [-0.3, -0.25) is 14.8 Å². The molecule has 2 heterocycles. The highest BCUT2D eigenvalue weighted by Crippen LogP contribution is 2.27. The fourth-order valence-corrected chi connectivity index (χ4v) is 3.35. The number of carbonyl (C=O) groups is 1. The van der Waals surface area contributed by atoms with E-state index in [2.05, 4.69) is 26.7 Å².